The summed E-state index contributed by atoms with van der Waals surface area (Å²) in [6.45, 7) is 3.69. The number of ether oxygens (including phenoxy) is 2. The van der Waals surface area contributed by atoms with Gasteiger partial charge in [0.05, 0.1) is 25.6 Å². The Labute approximate surface area is 252 Å². The van der Waals surface area contributed by atoms with E-state index in [1.165, 1.54) is 5.56 Å². The van der Waals surface area contributed by atoms with Crippen LogP contribution in [0.2, 0.25) is 0 Å². The van der Waals surface area contributed by atoms with Crippen molar-refractivity contribution in [2.75, 3.05) is 14.2 Å². The van der Waals surface area contributed by atoms with Gasteiger partial charge in [0.2, 0.25) is 0 Å². The van der Waals surface area contributed by atoms with Crippen LogP contribution in [-0.2, 0) is 7.05 Å². The molecule has 0 radical (unpaired) electrons. The summed E-state index contributed by atoms with van der Waals surface area (Å²) in [6, 6.07) is 37.8. The largest absolute Gasteiger partial charge is 0.507 e. The third-order valence-corrected chi connectivity index (χ3v) is 8.10. The molecule has 0 fully saturated rings. The summed E-state index contributed by atoms with van der Waals surface area (Å²) in [7, 11) is 5.23. The Morgan fingerprint density at radius 1 is 0.558 bits per heavy atom. The highest BCUT2D eigenvalue weighted by atomic mass is 16.5. The predicted octanol–water partition coefficient (Wildman–Crippen LogP) is 9.09. The van der Waals surface area contributed by atoms with Crippen LogP contribution in [0.4, 0.5) is 0 Å². The first-order valence-electron chi connectivity index (χ1n) is 14.3. The molecule has 0 aliphatic heterocycles. The number of hydrogen-bond acceptors (Lipinski definition) is 4. The number of phenolic OH excluding ortho intramolecular Hbond substituents is 1. The second-order valence-corrected chi connectivity index (χ2v) is 10.6. The standard InChI is InChI=1S/C38H34N2O3/c1-24-35(41)25(2)37(43-5)32(36(24)42-4)38-39-33(30-20-16-28(17-21-30)26-12-8-6-9-13-26)34(40(38)3)31-22-18-29(19-23-31)27-14-10-7-11-15-27/h6-23,41H,1-5H3. The Hall–Kier alpha value is -5.29. The van der Waals surface area contributed by atoms with E-state index in [1.807, 2.05) is 45.2 Å². The molecule has 0 amide bonds. The lowest BCUT2D eigenvalue weighted by atomic mass is 9.99. The summed E-state index contributed by atoms with van der Waals surface area (Å²) in [4.78, 5) is 5.26. The molecule has 1 aromatic heterocycles. The Balaban J connectivity index is 1.57. The van der Waals surface area contributed by atoms with E-state index in [2.05, 4.69) is 89.5 Å². The van der Waals surface area contributed by atoms with Gasteiger partial charge in [0.25, 0.3) is 0 Å². The molecule has 6 aromatic rings. The van der Waals surface area contributed by atoms with Crippen LogP contribution in [0.5, 0.6) is 17.2 Å². The summed E-state index contributed by atoms with van der Waals surface area (Å²) in [5, 5.41) is 10.8. The van der Waals surface area contributed by atoms with Gasteiger partial charge in [-0.15, -0.1) is 0 Å². The van der Waals surface area contributed by atoms with E-state index >= 15 is 0 Å². The van der Waals surface area contributed by atoms with Gasteiger partial charge < -0.3 is 19.1 Å². The normalized spacial score (nSPS) is 11.0. The molecule has 0 spiro atoms. The zero-order valence-corrected chi connectivity index (χ0v) is 25.1. The SMILES string of the molecule is COc1c(C)c(O)c(C)c(OC)c1-c1nc(-c2ccc(-c3ccccc3)cc2)c(-c2ccc(-c3ccccc3)cc2)n1C. The van der Waals surface area contributed by atoms with Gasteiger partial charge in [-0.25, -0.2) is 4.98 Å². The fraction of sp³-hybridized carbons (Fsp3) is 0.132. The third kappa shape index (κ3) is 4.93. The number of nitrogens with zero attached hydrogens (tertiary/aromatic N) is 2. The maximum absolute atomic E-state index is 10.8. The second-order valence-electron chi connectivity index (χ2n) is 10.6. The van der Waals surface area contributed by atoms with E-state index in [0.717, 1.165) is 39.2 Å². The first-order valence-corrected chi connectivity index (χ1v) is 14.3. The fourth-order valence-corrected chi connectivity index (χ4v) is 5.84. The van der Waals surface area contributed by atoms with Crippen LogP contribution in [0.25, 0.3) is 56.2 Å². The number of benzene rings is 5. The quantitative estimate of drug-likeness (QED) is 0.209. The van der Waals surface area contributed by atoms with Crippen molar-refractivity contribution in [1.82, 2.24) is 9.55 Å². The molecule has 43 heavy (non-hydrogen) atoms. The Kier molecular flexibility index (Phi) is 7.47. The van der Waals surface area contributed by atoms with E-state index < -0.39 is 0 Å². The lowest BCUT2D eigenvalue weighted by molar-refractivity contribution is 0.380. The molecule has 214 valence electrons. The highest BCUT2D eigenvalue weighted by Gasteiger charge is 2.28. The third-order valence-electron chi connectivity index (χ3n) is 8.10. The summed E-state index contributed by atoms with van der Waals surface area (Å²) in [5.41, 5.74) is 10.4. The van der Waals surface area contributed by atoms with Crippen LogP contribution in [0.1, 0.15) is 11.1 Å². The molecule has 6 rings (SSSR count). The smallest absolute Gasteiger partial charge is 0.148 e. The number of imidazole rings is 1. The first-order chi connectivity index (χ1) is 20.9. The van der Waals surface area contributed by atoms with Gasteiger partial charge in [0.1, 0.15) is 28.6 Å². The van der Waals surface area contributed by atoms with Crippen LogP contribution in [-0.4, -0.2) is 28.9 Å². The topological polar surface area (TPSA) is 56.5 Å². The molecule has 1 heterocycles. The molecule has 5 nitrogen and oxygen atoms in total. The summed E-state index contributed by atoms with van der Waals surface area (Å²) in [6.07, 6.45) is 0. The summed E-state index contributed by atoms with van der Waals surface area (Å²) >= 11 is 0. The second kappa shape index (κ2) is 11.5. The molecule has 0 atom stereocenters. The number of methoxy groups -OCH3 is 2. The van der Waals surface area contributed by atoms with Crippen LogP contribution in [0, 0.1) is 13.8 Å². The van der Waals surface area contributed by atoms with Gasteiger partial charge >= 0.3 is 0 Å². The highest BCUT2D eigenvalue weighted by molar-refractivity contribution is 5.87. The minimum Gasteiger partial charge on any atom is -0.507 e. The minimum atomic E-state index is 0.153. The maximum atomic E-state index is 10.8. The summed E-state index contributed by atoms with van der Waals surface area (Å²) < 4.78 is 13.8. The highest BCUT2D eigenvalue weighted by Crippen LogP contribution is 2.49. The first kappa shape index (κ1) is 27.9. The van der Waals surface area contributed by atoms with Crippen LogP contribution in [0.15, 0.2) is 109 Å². The van der Waals surface area contributed by atoms with Crippen LogP contribution < -0.4 is 9.47 Å². The zero-order chi connectivity index (χ0) is 30.1. The maximum Gasteiger partial charge on any atom is 0.148 e. The van der Waals surface area contributed by atoms with Crippen molar-refractivity contribution in [3.8, 4) is 73.4 Å². The average molecular weight is 567 g/mol. The minimum absolute atomic E-state index is 0.153. The Bertz CT molecular complexity index is 1860. The van der Waals surface area contributed by atoms with Crippen molar-refractivity contribution in [2.45, 2.75) is 13.8 Å². The van der Waals surface area contributed by atoms with E-state index in [-0.39, 0.29) is 5.75 Å². The predicted molar refractivity (Wildman–Crippen MR) is 175 cm³/mol. The average Bonchev–Trinajstić information content (AvgIpc) is 3.40. The monoisotopic (exact) mass is 566 g/mol. The van der Waals surface area contributed by atoms with Crippen molar-refractivity contribution < 1.29 is 14.6 Å². The fourth-order valence-electron chi connectivity index (χ4n) is 5.84. The van der Waals surface area contributed by atoms with Gasteiger partial charge in [0, 0.05) is 29.3 Å². The van der Waals surface area contributed by atoms with Gasteiger partial charge in [-0.2, -0.15) is 0 Å². The van der Waals surface area contributed by atoms with Crippen molar-refractivity contribution in [1.29, 1.82) is 0 Å². The number of aromatic hydroxyl groups is 1. The number of phenols is 1. The molecular weight excluding hydrogens is 532 g/mol. The van der Waals surface area contributed by atoms with Crippen molar-refractivity contribution in [2.24, 2.45) is 7.05 Å². The van der Waals surface area contributed by atoms with Crippen molar-refractivity contribution in [3.05, 3.63) is 120 Å². The number of aromatic nitrogens is 2. The number of rotatable bonds is 7. The van der Waals surface area contributed by atoms with Gasteiger partial charge in [0.15, 0.2) is 0 Å². The van der Waals surface area contributed by atoms with E-state index in [1.54, 1.807) is 14.2 Å². The van der Waals surface area contributed by atoms with Crippen molar-refractivity contribution >= 4 is 0 Å². The van der Waals surface area contributed by atoms with E-state index in [0.29, 0.717) is 34.0 Å². The van der Waals surface area contributed by atoms with E-state index in [9.17, 15) is 5.11 Å². The zero-order valence-electron chi connectivity index (χ0n) is 25.1. The van der Waals surface area contributed by atoms with Crippen LogP contribution in [0.3, 0.4) is 0 Å². The molecule has 0 aliphatic carbocycles. The Morgan fingerprint density at radius 2 is 0.953 bits per heavy atom. The van der Waals surface area contributed by atoms with Gasteiger partial charge in [-0.05, 0) is 36.1 Å². The molecule has 1 N–H and O–H groups in total. The molecule has 5 heteroatoms. The lowest BCUT2D eigenvalue weighted by Crippen LogP contribution is -2.03. The number of hydrogen-bond donors (Lipinski definition) is 1. The van der Waals surface area contributed by atoms with Gasteiger partial charge in [-0.3, -0.25) is 0 Å². The Morgan fingerprint density at radius 3 is 1.40 bits per heavy atom. The molecule has 0 saturated heterocycles. The van der Waals surface area contributed by atoms with E-state index in [4.69, 9.17) is 14.5 Å². The van der Waals surface area contributed by atoms with Crippen LogP contribution >= 0.6 is 0 Å². The molecule has 0 saturated carbocycles. The molecule has 5 aromatic carbocycles. The molecule has 0 aliphatic rings. The summed E-state index contributed by atoms with van der Waals surface area (Å²) in [5.74, 6) is 1.90. The van der Waals surface area contributed by atoms with Gasteiger partial charge in [-0.1, -0.05) is 109 Å². The molecule has 0 unspecified atom stereocenters. The molecule has 0 bridgehead atoms. The van der Waals surface area contributed by atoms with Crippen molar-refractivity contribution in [3.63, 3.8) is 0 Å². The lowest BCUT2D eigenvalue weighted by Gasteiger charge is -2.19. The molecular formula is C38H34N2O3.